The molecule has 0 aromatic rings. The van der Waals surface area contributed by atoms with Crippen LogP contribution in [-0.4, -0.2) is 24.8 Å². The van der Waals surface area contributed by atoms with Crippen molar-refractivity contribution in [3.05, 3.63) is 24.4 Å². The van der Waals surface area contributed by atoms with Crippen LogP contribution in [0.25, 0.3) is 0 Å². The highest BCUT2D eigenvalue weighted by Gasteiger charge is 1.77. The van der Waals surface area contributed by atoms with Gasteiger partial charge in [-0.15, -0.1) is 0 Å². The second kappa shape index (κ2) is 4.79. The van der Waals surface area contributed by atoms with Gasteiger partial charge in [-0.2, -0.15) is 0 Å². The summed E-state index contributed by atoms with van der Waals surface area (Å²) in [5.41, 5.74) is 0. The maximum atomic E-state index is 10.4. The lowest BCUT2D eigenvalue weighted by Gasteiger charge is -2.00. The Balaban J connectivity index is 3.62. The fraction of sp³-hybridized carbons (Fsp3) is 0.375. The Labute approximate surface area is 61.8 Å². The molecule has 0 saturated heterocycles. The molecule has 0 saturated carbocycles. The monoisotopic (exact) mass is 139 g/mol. The Kier molecular flexibility index (Phi) is 4.29. The molecule has 0 aliphatic carbocycles. The van der Waals surface area contributed by atoms with E-state index >= 15 is 0 Å². The van der Waals surface area contributed by atoms with Gasteiger partial charge in [0.1, 0.15) is 0 Å². The highest BCUT2D eigenvalue weighted by atomic mass is 16.1. The molecule has 0 radical (unpaired) electrons. The summed E-state index contributed by atoms with van der Waals surface area (Å²) in [5.74, 6) is 0.0726. The summed E-state index contributed by atoms with van der Waals surface area (Å²) < 4.78 is 0. The summed E-state index contributed by atoms with van der Waals surface area (Å²) in [6, 6.07) is 0. The van der Waals surface area contributed by atoms with Gasteiger partial charge in [-0.1, -0.05) is 6.08 Å². The number of rotatable bonds is 3. The third-order valence-electron chi connectivity index (χ3n) is 0.826. The Bertz CT molecular complexity index is 157. The number of carbonyl (C=O) groups is 1. The summed E-state index contributed by atoms with van der Waals surface area (Å²) in [6.45, 7) is 1.53. The van der Waals surface area contributed by atoms with E-state index in [0.29, 0.717) is 0 Å². The van der Waals surface area contributed by atoms with Crippen molar-refractivity contribution < 1.29 is 4.79 Å². The second-order valence-corrected chi connectivity index (χ2v) is 2.27. The van der Waals surface area contributed by atoms with Crippen LogP contribution in [0.15, 0.2) is 24.4 Å². The minimum atomic E-state index is 0.0726. The van der Waals surface area contributed by atoms with Crippen LogP contribution in [0.3, 0.4) is 0 Å². The molecule has 0 unspecified atom stereocenters. The summed E-state index contributed by atoms with van der Waals surface area (Å²) >= 11 is 0. The molecule has 0 aliphatic heterocycles. The average Bonchev–Trinajstić information content (AvgIpc) is 1.79. The van der Waals surface area contributed by atoms with Crippen molar-refractivity contribution in [1.29, 1.82) is 0 Å². The van der Waals surface area contributed by atoms with Crippen molar-refractivity contribution in [2.24, 2.45) is 0 Å². The number of hydrogen-bond donors (Lipinski definition) is 0. The molecular formula is C8H13NO. The minimum Gasteiger partial charge on any atom is -0.383 e. The van der Waals surface area contributed by atoms with Crippen LogP contribution in [0.2, 0.25) is 0 Å². The lowest BCUT2D eigenvalue weighted by Crippen LogP contribution is -1.99. The lowest BCUT2D eigenvalue weighted by atomic mass is 10.4. The Morgan fingerprint density at radius 3 is 2.30 bits per heavy atom. The predicted molar refractivity (Wildman–Crippen MR) is 42.6 cm³/mol. The molecule has 0 atom stereocenters. The van der Waals surface area contributed by atoms with Gasteiger partial charge in [-0.05, 0) is 25.3 Å². The largest absolute Gasteiger partial charge is 0.383 e. The molecule has 0 fully saturated rings. The third-order valence-corrected chi connectivity index (χ3v) is 0.826. The Morgan fingerprint density at radius 2 is 1.90 bits per heavy atom. The minimum absolute atomic E-state index is 0.0726. The Morgan fingerprint density at radius 1 is 1.30 bits per heavy atom. The first-order valence-corrected chi connectivity index (χ1v) is 3.15. The van der Waals surface area contributed by atoms with Crippen molar-refractivity contribution >= 4 is 5.78 Å². The maximum absolute atomic E-state index is 10.4. The summed E-state index contributed by atoms with van der Waals surface area (Å²) in [5, 5.41) is 0. The molecule has 0 aromatic carbocycles. The van der Waals surface area contributed by atoms with Crippen molar-refractivity contribution in [2.75, 3.05) is 14.1 Å². The van der Waals surface area contributed by atoms with Gasteiger partial charge < -0.3 is 4.90 Å². The van der Waals surface area contributed by atoms with Crippen LogP contribution in [0.1, 0.15) is 6.92 Å². The SMILES string of the molecule is CC(=O)/C=C\C=C\N(C)C. The number of allylic oxidation sites excluding steroid dienone is 3. The molecule has 0 amide bonds. The van der Waals surface area contributed by atoms with Gasteiger partial charge in [0.15, 0.2) is 5.78 Å². The van der Waals surface area contributed by atoms with Gasteiger partial charge >= 0.3 is 0 Å². The second-order valence-electron chi connectivity index (χ2n) is 2.27. The molecule has 2 heteroatoms. The zero-order valence-electron chi connectivity index (χ0n) is 6.66. The van der Waals surface area contributed by atoms with E-state index in [4.69, 9.17) is 0 Å². The number of ketones is 1. The summed E-state index contributed by atoms with van der Waals surface area (Å²) in [6.07, 6.45) is 6.95. The standard InChI is InChI=1S/C8H13NO/c1-8(10)6-4-5-7-9(2)3/h4-7H,1-3H3/b6-4-,7-5+. The molecule has 0 heterocycles. The van der Waals surface area contributed by atoms with Gasteiger partial charge in [-0.3, -0.25) is 4.79 Å². The van der Waals surface area contributed by atoms with E-state index in [0.717, 1.165) is 0 Å². The molecule has 0 bridgehead atoms. The fourth-order valence-corrected chi connectivity index (χ4v) is 0.413. The first-order valence-electron chi connectivity index (χ1n) is 3.15. The first kappa shape index (κ1) is 8.95. The van der Waals surface area contributed by atoms with Gasteiger partial charge in [0, 0.05) is 14.1 Å². The van der Waals surface area contributed by atoms with E-state index in [2.05, 4.69) is 0 Å². The van der Waals surface area contributed by atoms with Crippen molar-refractivity contribution in [3.63, 3.8) is 0 Å². The smallest absolute Gasteiger partial charge is 0.152 e. The molecular weight excluding hydrogens is 126 g/mol. The molecule has 56 valence electrons. The van der Waals surface area contributed by atoms with E-state index in [1.165, 1.54) is 13.0 Å². The van der Waals surface area contributed by atoms with Gasteiger partial charge in [0.05, 0.1) is 0 Å². The van der Waals surface area contributed by atoms with E-state index < -0.39 is 0 Å². The predicted octanol–water partition coefficient (Wildman–Crippen LogP) is 1.21. The number of nitrogens with zero attached hydrogens (tertiary/aromatic N) is 1. The molecule has 10 heavy (non-hydrogen) atoms. The first-order chi connectivity index (χ1) is 4.63. The number of hydrogen-bond acceptors (Lipinski definition) is 2. The van der Waals surface area contributed by atoms with Crippen LogP contribution >= 0.6 is 0 Å². The van der Waals surface area contributed by atoms with Crippen LogP contribution in [0, 0.1) is 0 Å². The molecule has 0 spiro atoms. The van der Waals surface area contributed by atoms with Crippen LogP contribution in [-0.2, 0) is 4.79 Å². The van der Waals surface area contributed by atoms with Crippen molar-refractivity contribution in [3.8, 4) is 0 Å². The van der Waals surface area contributed by atoms with Crippen molar-refractivity contribution in [2.45, 2.75) is 6.92 Å². The highest BCUT2D eigenvalue weighted by molar-refractivity contribution is 5.87. The molecule has 0 rings (SSSR count). The Hall–Kier alpha value is -1.05. The molecule has 0 N–H and O–H groups in total. The van der Waals surface area contributed by atoms with E-state index in [-0.39, 0.29) is 5.78 Å². The third kappa shape index (κ3) is 6.95. The molecule has 0 aliphatic rings. The van der Waals surface area contributed by atoms with Crippen molar-refractivity contribution in [1.82, 2.24) is 4.90 Å². The molecule has 2 nitrogen and oxygen atoms in total. The maximum Gasteiger partial charge on any atom is 0.152 e. The summed E-state index contributed by atoms with van der Waals surface area (Å²) in [4.78, 5) is 12.3. The van der Waals surface area contributed by atoms with E-state index in [9.17, 15) is 4.79 Å². The quantitative estimate of drug-likeness (QED) is 0.432. The van der Waals surface area contributed by atoms with Crippen LogP contribution < -0.4 is 0 Å². The average molecular weight is 139 g/mol. The van der Waals surface area contributed by atoms with Crippen LogP contribution in [0.5, 0.6) is 0 Å². The highest BCUT2D eigenvalue weighted by Crippen LogP contribution is 1.80. The lowest BCUT2D eigenvalue weighted by molar-refractivity contribution is -0.112. The van der Waals surface area contributed by atoms with Gasteiger partial charge in [-0.25, -0.2) is 0 Å². The molecule has 0 aromatic heterocycles. The van der Waals surface area contributed by atoms with E-state index in [1.54, 1.807) is 6.08 Å². The van der Waals surface area contributed by atoms with E-state index in [1.807, 2.05) is 31.3 Å². The topological polar surface area (TPSA) is 20.3 Å². The zero-order valence-corrected chi connectivity index (χ0v) is 6.66. The van der Waals surface area contributed by atoms with Gasteiger partial charge in [0.2, 0.25) is 0 Å². The van der Waals surface area contributed by atoms with Crippen LogP contribution in [0.4, 0.5) is 0 Å². The zero-order chi connectivity index (χ0) is 7.98. The number of carbonyl (C=O) groups excluding carboxylic acids is 1. The fourth-order valence-electron chi connectivity index (χ4n) is 0.413. The normalized spacial score (nSPS) is 11.1. The summed E-state index contributed by atoms with van der Waals surface area (Å²) in [7, 11) is 3.86. The van der Waals surface area contributed by atoms with Gasteiger partial charge in [0.25, 0.3) is 0 Å².